The first kappa shape index (κ1) is 41.0. The number of halogens is 1. The van der Waals surface area contributed by atoms with Crippen molar-refractivity contribution in [2.75, 3.05) is 58.1 Å². The Balaban J connectivity index is 0.894. The van der Waals surface area contributed by atoms with E-state index in [0.29, 0.717) is 36.4 Å². The molecule has 4 aromatic rings. The van der Waals surface area contributed by atoms with Gasteiger partial charge in [-0.15, -0.1) is 0 Å². The fourth-order valence-corrected chi connectivity index (χ4v) is 10.2. The summed E-state index contributed by atoms with van der Waals surface area (Å²) in [4.78, 5) is 68.7. The van der Waals surface area contributed by atoms with Gasteiger partial charge in [-0.3, -0.25) is 29.4 Å². The minimum absolute atomic E-state index is 0.00225. The molecule has 6 heterocycles. The van der Waals surface area contributed by atoms with E-state index in [1.807, 2.05) is 19.2 Å². The van der Waals surface area contributed by atoms with Crippen molar-refractivity contribution in [1.29, 1.82) is 0 Å². The first-order valence-electron chi connectivity index (χ1n) is 20.2. The van der Waals surface area contributed by atoms with Gasteiger partial charge in [-0.1, -0.05) is 19.9 Å². The van der Waals surface area contributed by atoms with Crippen LogP contribution in [0.5, 0.6) is 0 Å². The van der Waals surface area contributed by atoms with Crippen molar-refractivity contribution >= 4 is 73.2 Å². The molecule has 4 aliphatic rings. The number of piperidine rings is 2. The number of rotatable bonds is 12. The van der Waals surface area contributed by atoms with Crippen LogP contribution >= 0.6 is 0 Å². The Morgan fingerprint density at radius 3 is 2.52 bits per heavy atom. The number of nitrogens with one attached hydrogen (secondary N) is 3. The summed E-state index contributed by atoms with van der Waals surface area (Å²) >= 11 is 0. The number of carbonyl (C=O) groups is 4. The van der Waals surface area contributed by atoms with E-state index in [-0.39, 0.29) is 72.9 Å². The monoisotopic (exact) mass is 841 g/mol. The van der Waals surface area contributed by atoms with E-state index < -0.39 is 51.3 Å². The van der Waals surface area contributed by atoms with Crippen molar-refractivity contribution in [3.63, 3.8) is 0 Å². The fourth-order valence-electron chi connectivity index (χ4n) is 8.62. The lowest BCUT2D eigenvalue weighted by Crippen LogP contribution is -2.57. The van der Waals surface area contributed by atoms with Crippen LogP contribution in [0.25, 0.3) is 10.8 Å². The number of pyridine rings is 1. The summed E-state index contributed by atoms with van der Waals surface area (Å²) in [6.45, 7) is 8.69. The molecule has 2 aromatic heterocycles. The van der Waals surface area contributed by atoms with E-state index in [1.54, 1.807) is 23.2 Å². The van der Waals surface area contributed by atoms with Gasteiger partial charge in [0.2, 0.25) is 17.8 Å². The van der Waals surface area contributed by atoms with Crippen LogP contribution in [0.15, 0.2) is 54.9 Å². The number of benzene rings is 2. The first-order valence-corrected chi connectivity index (χ1v) is 22.0. The summed E-state index contributed by atoms with van der Waals surface area (Å²) in [6, 6.07) is 11.3. The van der Waals surface area contributed by atoms with Gasteiger partial charge in [0.15, 0.2) is 15.5 Å². The van der Waals surface area contributed by atoms with E-state index in [9.17, 15) is 37.1 Å². The third-order valence-electron chi connectivity index (χ3n) is 12.1. The molecule has 18 heteroatoms. The predicted molar refractivity (Wildman–Crippen MR) is 224 cm³/mol. The van der Waals surface area contributed by atoms with E-state index >= 15 is 0 Å². The topological polar surface area (TPSA) is 207 Å². The second-order valence-corrected chi connectivity index (χ2v) is 18.9. The summed E-state index contributed by atoms with van der Waals surface area (Å²) in [5, 5.41) is 20.5. The number of anilines is 5. The van der Waals surface area contributed by atoms with Crippen molar-refractivity contribution < 1.29 is 37.1 Å². The maximum absolute atomic E-state index is 14.9. The van der Waals surface area contributed by atoms with Gasteiger partial charge in [0.25, 0.3) is 11.8 Å². The number of aromatic nitrogens is 3. The van der Waals surface area contributed by atoms with Crippen LogP contribution in [0.3, 0.4) is 0 Å². The number of imide groups is 2. The van der Waals surface area contributed by atoms with Crippen LogP contribution in [0, 0.1) is 5.92 Å². The molecule has 4 aliphatic heterocycles. The number of alkyl halides is 1. The summed E-state index contributed by atoms with van der Waals surface area (Å²) in [7, 11) is -3.48. The maximum Gasteiger partial charge on any atom is 0.262 e. The molecule has 0 spiro atoms. The van der Waals surface area contributed by atoms with Crippen molar-refractivity contribution in [2.24, 2.45) is 5.92 Å². The second-order valence-electron chi connectivity index (χ2n) is 16.7. The van der Waals surface area contributed by atoms with E-state index in [2.05, 4.69) is 56.8 Å². The summed E-state index contributed by atoms with van der Waals surface area (Å²) < 4.78 is 41.6. The number of hydrogen-bond donors (Lipinski definition) is 4. The number of amides is 4. The summed E-state index contributed by atoms with van der Waals surface area (Å²) in [6.07, 6.45) is 2.73. The van der Waals surface area contributed by atoms with Crippen LogP contribution in [-0.4, -0.2) is 119 Å². The molecular formula is C42H48FN9O7S. The Kier molecular flexibility index (Phi) is 10.7. The third kappa shape index (κ3) is 7.85. The number of fused-ring (bicyclic) bond motifs is 2. The van der Waals surface area contributed by atoms with Gasteiger partial charge in [-0.2, -0.15) is 4.98 Å². The molecule has 60 heavy (non-hydrogen) atoms. The molecule has 0 aliphatic carbocycles. The van der Waals surface area contributed by atoms with Crippen molar-refractivity contribution in [1.82, 2.24) is 25.2 Å². The van der Waals surface area contributed by atoms with E-state index in [0.717, 1.165) is 26.9 Å². The highest BCUT2D eigenvalue weighted by molar-refractivity contribution is 7.91. The fraction of sp³-hybridized carbons (Fsp3) is 0.452. The highest BCUT2D eigenvalue weighted by Crippen LogP contribution is 2.40. The molecule has 3 saturated heterocycles. The zero-order chi connectivity index (χ0) is 42.7. The van der Waals surface area contributed by atoms with Gasteiger partial charge in [-0.25, -0.2) is 22.8 Å². The van der Waals surface area contributed by atoms with Gasteiger partial charge in [0.05, 0.1) is 35.3 Å². The van der Waals surface area contributed by atoms with Crippen LogP contribution in [0.2, 0.25) is 0 Å². The smallest absolute Gasteiger partial charge is 0.262 e. The lowest BCUT2D eigenvalue weighted by molar-refractivity contribution is -0.136. The van der Waals surface area contributed by atoms with Gasteiger partial charge in [0.1, 0.15) is 17.7 Å². The van der Waals surface area contributed by atoms with Gasteiger partial charge in [0, 0.05) is 67.2 Å². The number of nitrogens with zero attached hydrogens (tertiary/aromatic N) is 6. The quantitative estimate of drug-likeness (QED) is 0.149. The van der Waals surface area contributed by atoms with Crippen LogP contribution < -0.4 is 25.8 Å². The molecule has 3 fully saturated rings. The SMILES string of the molecule is CC(C)c1ccc(N2C[C@H](CS(=O)(=O)CCNc3ccc4c(c3)C(=O)N(C3CCC(=O)NC3=O)C4=O)[C@H]2C)c2cnc(Nc3ccnc(N4CC[C@@H](O)[C@@](C)(F)C4)n3)cc12. The Morgan fingerprint density at radius 2 is 1.78 bits per heavy atom. The molecule has 5 atom stereocenters. The Bertz CT molecular complexity index is 2520. The molecular weight excluding hydrogens is 794 g/mol. The Morgan fingerprint density at radius 1 is 1.00 bits per heavy atom. The summed E-state index contributed by atoms with van der Waals surface area (Å²) in [5.74, 6) is -0.991. The average molecular weight is 842 g/mol. The predicted octanol–water partition coefficient (Wildman–Crippen LogP) is 3.94. The Hall–Kier alpha value is -5.75. The molecule has 2 aromatic carbocycles. The lowest BCUT2D eigenvalue weighted by Gasteiger charge is -2.48. The second kappa shape index (κ2) is 15.7. The van der Waals surface area contributed by atoms with Crippen LogP contribution in [0.1, 0.15) is 79.2 Å². The molecule has 0 saturated carbocycles. The third-order valence-corrected chi connectivity index (χ3v) is 13.9. The lowest BCUT2D eigenvalue weighted by atomic mass is 9.88. The van der Waals surface area contributed by atoms with Crippen LogP contribution in [-0.2, 0) is 19.4 Å². The maximum atomic E-state index is 14.9. The molecule has 8 rings (SSSR count). The van der Waals surface area contributed by atoms with Gasteiger partial charge < -0.3 is 25.5 Å². The zero-order valence-corrected chi connectivity index (χ0v) is 34.6. The summed E-state index contributed by atoms with van der Waals surface area (Å²) in [5.41, 5.74) is 1.04. The Labute approximate surface area is 346 Å². The number of aliphatic hydroxyl groups is 1. The van der Waals surface area contributed by atoms with E-state index in [4.69, 9.17) is 4.98 Å². The molecule has 4 N–H and O–H groups in total. The molecule has 1 unspecified atom stereocenters. The van der Waals surface area contributed by atoms with Crippen molar-refractivity contribution in [3.05, 3.63) is 71.5 Å². The van der Waals surface area contributed by atoms with Crippen molar-refractivity contribution in [2.45, 2.75) is 76.7 Å². The van der Waals surface area contributed by atoms with Crippen LogP contribution in [0.4, 0.5) is 33.3 Å². The van der Waals surface area contributed by atoms with Crippen molar-refractivity contribution in [3.8, 4) is 0 Å². The first-order chi connectivity index (χ1) is 28.5. The minimum atomic E-state index is -3.48. The largest absolute Gasteiger partial charge is 0.390 e. The number of hydrogen-bond acceptors (Lipinski definition) is 14. The molecule has 4 amide bonds. The zero-order valence-electron chi connectivity index (χ0n) is 33.8. The average Bonchev–Trinajstić information content (AvgIpc) is 3.44. The minimum Gasteiger partial charge on any atom is -0.390 e. The van der Waals surface area contributed by atoms with E-state index in [1.165, 1.54) is 19.1 Å². The normalized spacial score (nSPS) is 24.5. The molecule has 316 valence electrons. The number of aliphatic hydroxyl groups excluding tert-OH is 1. The van der Waals surface area contributed by atoms with Gasteiger partial charge >= 0.3 is 0 Å². The molecule has 16 nitrogen and oxygen atoms in total. The highest BCUT2D eigenvalue weighted by atomic mass is 32.2. The molecule has 0 bridgehead atoms. The highest BCUT2D eigenvalue weighted by Gasteiger charge is 2.45. The number of sulfone groups is 1. The number of carbonyl (C=O) groups excluding carboxylic acids is 4. The molecule has 0 radical (unpaired) electrons. The standard InChI is InChI=1S/C42H48FN9O7S/c1-23(2)27-7-8-32(31-19-46-36(18-29(27)31)47-35-11-13-45-41(48-35)50-15-12-34(53)42(4,43)22-50)51-20-25(24(51)3)21-60(58,59)16-14-44-26-5-6-28-30(17-26)40(57)52(39(28)56)33-9-10-37(54)49-38(33)55/h5-8,11,13,17-19,23-25,33-34,44,53H,9-10,12,14-16,20-22H2,1-4H3,(H,49,54,55)(H,45,46,47,48)/t24-,25-,33?,34-,42+/m1/s1. The van der Waals surface area contributed by atoms with Gasteiger partial charge in [-0.05, 0) is 80.0 Å².